The minimum Gasteiger partial charge on any atom is -0.289 e. The van der Waals surface area contributed by atoms with Crippen LogP contribution < -0.4 is 0 Å². The summed E-state index contributed by atoms with van der Waals surface area (Å²) in [6.07, 6.45) is 3.32. The monoisotopic (exact) mass is 340 g/mol. The summed E-state index contributed by atoms with van der Waals surface area (Å²) in [5, 5.41) is 4.26. The van der Waals surface area contributed by atoms with Crippen LogP contribution in [0.25, 0.3) is 16.5 Å². The van der Waals surface area contributed by atoms with Crippen molar-refractivity contribution in [1.82, 2.24) is 9.78 Å². The average molecular weight is 340 g/mol. The highest BCUT2D eigenvalue weighted by Crippen LogP contribution is 2.30. The van der Waals surface area contributed by atoms with Crippen LogP contribution in [0.2, 0.25) is 0 Å². The predicted octanol–water partition coefficient (Wildman–Crippen LogP) is 4.80. The molecule has 2 heterocycles. The molecule has 0 aliphatic carbocycles. The molecule has 122 valence electrons. The van der Waals surface area contributed by atoms with Crippen molar-refractivity contribution in [3.8, 4) is 10.4 Å². The van der Waals surface area contributed by atoms with Gasteiger partial charge < -0.3 is 0 Å². The number of hydrogen-bond acceptors (Lipinski definition) is 3. The first-order valence-corrected chi connectivity index (χ1v) is 8.36. The Kier molecular flexibility index (Phi) is 4.44. The van der Waals surface area contributed by atoms with Crippen LogP contribution in [0.15, 0.2) is 42.5 Å². The molecule has 0 fully saturated rings. The van der Waals surface area contributed by atoms with E-state index >= 15 is 0 Å². The molecule has 24 heavy (non-hydrogen) atoms. The van der Waals surface area contributed by atoms with Crippen LogP contribution >= 0.6 is 11.3 Å². The normalized spacial score (nSPS) is 11.3. The summed E-state index contributed by atoms with van der Waals surface area (Å²) in [6, 6.07) is 10.4. The third-order valence-electron chi connectivity index (χ3n) is 3.92. The largest absolute Gasteiger partial charge is 0.289 e. The van der Waals surface area contributed by atoms with E-state index in [1.54, 1.807) is 29.0 Å². The molecular weight excluding hydrogens is 323 g/mol. The summed E-state index contributed by atoms with van der Waals surface area (Å²) in [7, 11) is 1.82. The molecule has 0 N–H and O–H groups in total. The van der Waals surface area contributed by atoms with E-state index in [0.717, 1.165) is 21.1 Å². The fraction of sp³-hybridized carbons (Fsp3) is 0.158. The van der Waals surface area contributed by atoms with Gasteiger partial charge in [-0.1, -0.05) is 18.2 Å². The van der Waals surface area contributed by atoms with Crippen molar-refractivity contribution < 1.29 is 9.18 Å². The highest BCUT2D eigenvalue weighted by Gasteiger charge is 2.15. The number of halogens is 1. The zero-order valence-corrected chi connectivity index (χ0v) is 14.5. The van der Waals surface area contributed by atoms with Crippen LogP contribution in [-0.2, 0) is 7.05 Å². The Bertz CT molecular complexity index is 937. The number of hydrogen-bond donors (Lipinski definition) is 0. The van der Waals surface area contributed by atoms with E-state index in [4.69, 9.17) is 0 Å². The molecular formula is C19H17FN2OS. The smallest absolute Gasteiger partial charge is 0.189 e. The maximum atomic E-state index is 13.8. The fourth-order valence-corrected chi connectivity index (χ4v) is 3.56. The summed E-state index contributed by atoms with van der Waals surface area (Å²) >= 11 is 1.45. The summed E-state index contributed by atoms with van der Waals surface area (Å²) in [5.41, 5.74) is 2.79. The number of benzene rings is 1. The molecule has 0 unspecified atom stereocenters. The van der Waals surface area contributed by atoms with Crippen molar-refractivity contribution >= 4 is 23.2 Å². The van der Waals surface area contributed by atoms with E-state index in [2.05, 4.69) is 5.10 Å². The highest BCUT2D eigenvalue weighted by atomic mass is 32.1. The second-order valence-electron chi connectivity index (χ2n) is 5.55. The maximum Gasteiger partial charge on any atom is 0.189 e. The van der Waals surface area contributed by atoms with Crippen LogP contribution in [0.3, 0.4) is 0 Å². The fourth-order valence-electron chi connectivity index (χ4n) is 2.62. The summed E-state index contributed by atoms with van der Waals surface area (Å²) in [4.78, 5) is 14.2. The maximum absolute atomic E-state index is 13.8. The van der Waals surface area contributed by atoms with Crippen molar-refractivity contribution in [2.75, 3.05) is 0 Å². The molecule has 3 nitrogen and oxygen atoms in total. The quantitative estimate of drug-likeness (QED) is 0.505. The highest BCUT2D eigenvalue weighted by molar-refractivity contribution is 7.16. The molecule has 0 saturated heterocycles. The summed E-state index contributed by atoms with van der Waals surface area (Å²) < 4.78 is 15.5. The third-order valence-corrected chi connectivity index (χ3v) is 5.00. The van der Waals surface area contributed by atoms with Gasteiger partial charge in [-0.25, -0.2) is 4.39 Å². The van der Waals surface area contributed by atoms with Gasteiger partial charge in [0.05, 0.1) is 11.3 Å². The lowest BCUT2D eigenvalue weighted by Crippen LogP contribution is -1.99. The Hall–Kier alpha value is -2.53. The van der Waals surface area contributed by atoms with Crippen molar-refractivity contribution in [3.63, 3.8) is 0 Å². The first kappa shape index (κ1) is 16.3. The second-order valence-corrected chi connectivity index (χ2v) is 6.66. The Labute approximate surface area is 144 Å². The van der Waals surface area contributed by atoms with Gasteiger partial charge in [-0.3, -0.25) is 9.48 Å². The van der Waals surface area contributed by atoms with Gasteiger partial charge >= 0.3 is 0 Å². The Balaban J connectivity index is 1.83. The Morgan fingerprint density at radius 1 is 1.21 bits per heavy atom. The molecule has 3 rings (SSSR count). The van der Waals surface area contributed by atoms with Gasteiger partial charge in [0, 0.05) is 28.1 Å². The van der Waals surface area contributed by atoms with E-state index in [9.17, 15) is 9.18 Å². The lowest BCUT2D eigenvalue weighted by Gasteiger charge is -1.98. The van der Waals surface area contributed by atoms with Crippen LogP contribution in [-0.4, -0.2) is 15.6 Å². The summed E-state index contributed by atoms with van der Waals surface area (Å²) in [6.45, 7) is 3.71. The molecule has 0 amide bonds. The van der Waals surface area contributed by atoms with Gasteiger partial charge in [-0.05, 0) is 44.2 Å². The van der Waals surface area contributed by atoms with Crippen LogP contribution in [0.4, 0.5) is 4.39 Å². The van der Waals surface area contributed by atoms with Crippen LogP contribution in [0.5, 0.6) is 0 Å². The van der Waals surface area contributed by atoms with E-state index in [-0.39, 0.29) is 11.6 Å². The minimum atomic E-state index is -0.243. The number of thiophene rings is 1. The number of carbonyl (C=O) groups excluding carboxylic acids is 1. The molecule has 2 aromatic heterocycles. The second kappa shape index (κ2) is 6.53. The van der Waals surface area contributed by atoms with Crippen molar-refractivity contribution in [3.05, 3.63) is 70.1 Å². The van der Waals surface area contributed by atoms with Gasteiger partial charge in [0.2, 0.25) is 0 Å². The molecule has 5 heteroatoms. The first-order chi connectivity index (χ1) is 11.5. The number of nitrogens with zero attached hydrogens (tertiary/aromatic N) is 2. The summed E-state index contributed by atoms with van der Waals surface area (Å²) in [5.74, 6) is -0.313. The van der Waals surface area contributed by atoms with E-state index < -0.39 is 0 Å². The zero-order chi connectivity index (χ0) is 17.3. The standard InChI is InChI=1S/C19H17FN2OS/c1-12-19(13(2)22(3)21-12)17(23)10-8-14-9-11-18(24-14)15-6-4-5-7-16(15)20/h4-11H,1-3H3. The first-order valence-electron chi connectivity index (χ1n) is 7.54. The topological polar surface area (TPSA) is 34.9 Å². The predicted molar refractivity (Wildman–Crippen MR) is 95.8 cm³/mol. The molecule has 0 atom stereocenters. The van der Waals surface area contributed by atoms with E-state index in [0.29, 0.717) is 11.1 Å². The molecule has 0 saturated carbocycles. The van der Waals surface area contributed by atoms with E-state index in [1.165, 1.54) is 17.4 Å². The molecule has 1 aromatic carbocycles. The van der Waals surface area contributed by atoms with Gasteiger partial charge in [-0.15, -0.1) is 11.3 Å². The molecule has 0 bridgehead atoms. The van der Waals surface area contributed by atoms with Gasteiger partial charge in [0.1, 0.15) is 5.82 Å². The van der Waals surface area contributed by atoms with Crippen molar-refractivity contribution in [2.24, 2.45) is 7.05 Å². The lowest BCUT2D eigenvalue weighted by molar-refractivity contribution is 0.104. The van der Waals surface area contributed by atoms with Crippen LogP contribution in [0.1, 0.15) is 26.6 Å². The number of aromatic nitrogens is 2. The molecule has 3 aromatic rings. The third kappa shape index (κ3) is 3.08. The number of carbonyl (C=O) groups is 1. The SMILES string of the molecule is Cc1nn(C)c(C)c1C(=O)C=Cc1ccc(-c2ccccc2F)s1. The Morgan fingerprint density at radius 3 is 2.62 bits per heavy atom. The number of rotatable bonds is 4. The molecule has 0 aliphatic heterocycles. The molecule has 0 spiro atoms. The van der Waals surface area contributed by atoms with Gasteiger partial charge in [-0.2, -0.15) is 5.10 Å². The number of ketones is 1. The molecule has 0 aliphatic rings. The number of aryl methyl sites for hydroxylation is 2. The van der Waals surface area contributed by atoms with Crippen molar-refractivity contribution in [2.45, 2.75) is 13.8 Å². The molecule has 0 radical (unpaired) electrons. The zero-order valence-electron chi connectivity index (χ0n) is 13.7. The Morgan fingerprint density at radius 2 is 1.96 bits per heavy atom. The van der Waals surface area contributed by atoms with E-state index in [1.807, 2.05) is 39.1 Å². The van der Waals surface area contributed by atoms with Gasteiger partial charge in [0.15, 0.2) is 5.78 Å². The van der Waals surface area contributed by atoms with Crippen molar-refractivity contribution in [1.29, 1.82) is 0 Å². The number of allylic oxidation sites excluding steroid dienone is 1. The van der Waals surface area contributed by atoms with Gasteiger partial charge in [0.25, 0.3) is 0 Å². The average Bonchev–Trinajstić information content (AvgIpc) is 3.11. The lowest BCUT2D eigenvalue weighted by atomic mass is 10.1. The van der Waals surface area contributed by atoms with Crippen LogP contribution in [0, 0.1) is 19.7 Å². The minimum absolute atomic E-state index is 0.0704.